The Balaban J connectivity index is 1.52. The predicted molar refractivity (Wildman–Crippen MR) is 115 cm³/mol. The molecule has 33 heavy (non-hydrogen) atoms. The summed E-state index contributed by atoms with van der Waals surface area (Å²) in [5.74, 6) is -0.902. The molecule has 5 nitrogen and oxygen atoms in total. The van der Waals surface area contributed by atoms with Crippen LogP contribution in [0.1, 0.15) is 28.2 Å². The summed E-state index contributed by atoms with van der Waals surface area (Å²) in [5.41, 5.74) is 1.17. The summed E-state index contributed by atoms with van der Waals surface area (Å²) < 4.78 is 55.2. The van der Waals surface area contributed by atoms with Gasteiger partial charge in [-0.05, 0) is 54.8 Å². The van der Waals surface area contributed by atoms with Crippen LogP contribution in [0.4, 0.5) is 23.2 Å². The van der Waals surface area contributed by atoms with Gasteiger partial charge in [-0.15, -0.1) is 0 Å². The fraction of sp³-hybridized carbons (Fsp3) is 0.208. The fourth-order valence-electron chi connectivity index (χ4n) is 4.11. The maximum absolute atomic E-state index is 13.8. The molecule has 168 valence electrons. The van der Waals surface area contributed by atoms with Crippen LogP contribution in [0, 0.1) is 5.82 Å². The highest BCUT2D eigenvalue weighted by Crippen LogP contribution is 2.33. The highest BCUT2D eigenvalue weighted by atomic mass is 19.4. The van der Waals surface area contributed by atoms with Crippen molar-refractivity contribution in [3.63, 3.8) is 0 Å². The van der Waals surface area contributed by atoms with Crippen molar-refractivity contribution in [1.29, 1.82) is 0 Å². The van der Waals surface area contributed by atoms with Crippen molar-refractivity contribution in [2.45, 2.75) is 19.0 Å². The maximum atomic E-state index is 13.8. The first-order chi connectivity index (χ1) is 15.8. The van der Waals surface area contributed by atoms with Gasteiger partial charge in [0.05, 0.1) is 12.2 Å². The average Bonchev–Trinajstić information content (AvgIpc) is 3.23. The molecule has 0 unspecified atom stereocenters. The monoisotopic (exact) mass is 454 g/mol. The number of ketones is 1. The number of Topliss-reactive ketones (excluding diaryl/α,β-unsaturated/α-hetero) is 1. The first-order valence-corrected chi connectivity index (χ1v) is 10.4. The molecule has 1 aliphatic heterocycles. The van der Waals surface area contributed by atoms with Crippen molar-refractivity contribution in [3.05, 3.63) is 83.4 Å². The summed E-state index contributed by atoms with van der Waals surface area (Å²) in [5, 5.41) is 3.95. The van der Waals surface area contributed by atoms with Crippen LogP contribution >= 0.6 is 0 Å². The summed E-state index contributed by atoms with van der Waals surface area (Å²) >= 11 is 0. The van der Waals surface area contributed by atoms with E-state index in [-0.39, 0.29) is 23.6 Å². The van der Waals surface area contributed by atoms with Crippen molar-refractivity contribution in [2.24, 2.45) is 0 Å². The van der Waals surface area contributed by atoms with Crippen molar-refractivity contribution in [2.75, 3.05) is 18.0 Å². The fourth-order valence-corrected chi connectivity index (χ4v) is 4.11. The second kappa shape index (κ2) is 7.99. The third kappa shape index (κ3) is 4.06. The lowest BCUT2D eigenvalue weighted by Gasteiger charge is -2.30. The van der Waals surface area contributed by atoms with Crippen molar-refractivity contribution >= 4 is 17.1 Å². The van der Waals surface area contributed by atoms with Crippen molar-refractivity contribution in [3.8, 4) is 11.3 Å². The van der Waals surface area contributed by atoms with E-state index < -0.39 is 23.5 Å². The van der Waals surface area contributed by atoms with Crippen molar-refractivity contribution < 1.29 is 22.4 Å². The average molecular weight is 454 g/mol. The summed E-state index contributed by atoms with van der Waals surface area (Å²) in [6.07, 6.45) is -2.93. The first-order valence-electron chi connectivity index (χ1n) is 10.4. The van der Waals surface area contributed by atoms with Gasteiger partial charge < -0.3 is 4.90 Å². The van der Waals surface area contributed by atoms with Crippen LogP contribution in [0.3, 0.4) is 0 Å². The molecule has 2 aromatic heterocycles. The molecule has 0 N–H and O–H groups in total. The number of hydrogen-bond acceptors (Lipinski definition) is 4. The number of anilines is 1. The molecule has 0 amide bonds. The number of alkyl halides is 3. The normalized spacial score (nSPS) is 13.9. The third-order valence-corrected chi connectivity index (χ3v) is 5.68. The van der Waals surface area contributed by atoms with Gasteiger partial charge in [0, 0.05) is 23.9 Å². The van der Waals surface area contributed by atoms with E-state index in [1.807, 2.05) is 29.2 Å². The summed E-state index contributed by atoms with van der Waals surface area (Å²) in [6.45, 7) is 0.684. The van der Waals surface area contributed by atoms with Crippen molar-refractivity contribution in [1.82, 2.24) is 14.6 Å². The minimum atomic E-state index is -4.73. The highest BCUT2D eigenvalue weighted by Gasteiger charge is 2.36. The summed E-state index contributed by atoms with van der Waals surface area (Å²) in [6, 6.07) is 14.9. The Hall–Kier alpha value is -3.75. The number of rotatable bonds is 4. The molecule has 0 saturated carbocycles. The van der Waals surface area contributed by atoms with E-state index in [1.54, 1.807) is 0 Å². The molecule has 0 radical (unpaired) electrons. The smallest absolute Gasteiger partial charge is 0.364 e. The van der Waals surface area contributed by atoms with E-state index >= 15 is 0 Å². The zero-order valence-corrected chi connectivity index (χ0v) is 17.3. The number of nitrogens with zero attached hydrogens (tertiary/aromatic N) is 4. The molecule has 1 aliphatic rings. The molecule has 4 aromatic rings. The Kier molecular flexibility index (Phi) is 5.11. The van der Waals surface area contributed by atoms with E-state index in [0.29, 0.717) is 16.6 Å². The number of hydrogen-bond donors (Lipinski definition) is 0. The highest BCUT2D eigenvalue weighted by molar-refractivity contribution is 5.98. The van der Waals surface area contributed by atoms with Gasteiger partial charge in [0.2, 0.25) is 5.78 Å². The third-order valence-electron chi connectivity index (χ3n) is 5.68. The molecule has 0 atom stereocenters. The van der Waals surface area contributed by atoms with Gasteiger partial charge in [-0.25, -0.2) is 13.9 Å². The van der Waals surface area contributed by atoms with Crippen LogP contribution in [-0.4, -0.2) is 33.5 Å². The molecule has 0 fully saturated rings. The lowest BCUT2D eigenvalue weighted by molar-refractivity contribution is -0.142. The largest absolute Gasteiger partial charge is 0.433 e. The van der Waals surface area contributed by atoms with Crippen LogP contribution in [0.25, 0.3) is 16.9 Å². The number of para-hydroxylation sites is 1. The van der Waals surface area contributed by atoms with Crippen LogP contribution in [0.15, 0.2) is 60.7 Å². The quantitative estimate of drug-likeness (QED) is 0.315. The standard InChI is InChI=1S/C24H18F4N4O/c25-17-9-7-15(8-10-17)18-12-22(24(26,27)28)32-23(29-18)13-19(30-32)21(33)14-31-11-3-5-16-4-1-2-6-20(16)31/h1-2,4,6-10,12-13H,3,5,11,14H2. The van der Waals surface area contributed by atoms with E-state index in [9.17, 15) is 22.4 Å². The Bertz CT molecular complexity index is 1350. The van der Waals surface area contributed by atoms with Gasteiger partial charge >= 0.3 is 6.18 Å². The lowest BCUT2D eigenvalue weighted by atomic mass is 10.0. The molecule has 0 saturated heterocycles. The Labute approximate surface area is 186 Å². The minimum Gasteiger partial charge on any atom is -0.364 e. The lowest BCUT2D eigenvalue weighted by Crippen LogP contribution is -2.34. The molecular formula is C24H18F4N4O. The van der Waals surface area contributed by atoms with Gasteiger partial charge in [-0.1, -0.05) is 18.2 Å². The number of benzene rings is 2. The SMILES string of the molecule is O=C(CN1CCCc2ccccc21)c1cc2nc(-c3ccc(F)cc3)cc(C(F)(F)F)n2n1. The second-order valence-corrected chi connectivity index (χ2v) is 7.91. The molecule has 0 aliphatic carbocycles. The number of carbonyl (C=O) groups is 1. The number of aromatic nitrogens is 3. The molecular weight excluding hydrogens is 436 g/mol. The van der Waals surface area contributed by atoms with E-state index in [4.69, 9.17) is 0 Å². The van der Waals surface area contributed by atoms with Gasteiger partial charge in [0.25, 0.3) is 0 Å². The zero-order valence-electron chi connectivity index (χ0n) is 17.3. The van der Waals surface area contributed by atoms with Crippen LogP contribution in [0.2, 0.25) is 0 Å². The Morgan fingerprint density at radius 3 is 2.55 bits per heavy atom. The molecule has 9 heteroatoms. The number of aryl methyl sites for hydroxylation is 1. The van der Waals surface area contributed by atoms with Gasteiger partial charge in [-0.2, -0.15) is 18.3 Å². The van der Waals surface area contributed by atoms with Crippen LogP contribution in [-0.2, 0) is 12.6 Å². The van der Waals surface area contributed by atoms with Gasteiger partial charge in [0.15, 0.2) is 11.3 Å². The number of halogens is 4. The molecule has 0 bridgehead atoms. The van der Waals surface area contributed by atoms with E-state index in [1.165, 1.54) is 18.2 Å². The zero-order chi connectivity index (χ0) is 23.2. The predicted octanol–water partition coefficient (Wildman–Crippen LogP) is 5.19. The van der Waals surface area contributed by atoms with E-state index in [2.05, 4.69) is 10.1 Å². The minimum absolute atomic E-state index is 0.00701. The van der Waals surface area contributed by atoms with Crippen LogP contribution in [0.5, 0.6) is 0 Å². The Morgan fingerprint density at radius 2 is 1.79 bits per heavy atom. The topological polar surface area (TPSA) is 50.5 Å². The molecule has 5 rings (SSSR count). The second-order valence-electron chi connectivity index (χ2n) is 7.91. The molecule has 3 heterocycles. The van der Waals surface area contributed by atoms with E-state index in [0.717, 1.165) is 42.3 Å². The first kappa shape index (κ1) is 21.1. The van der Waals surface area contributed by atoms with Crippen LogP contribution < -0.4 is 4.90 Å². The molecule has 0 spiro atoms. The Morgan fingerprint density at radius 1 is 1.03 bits per heavy atom. The molecule has 2 aromatic carbocycles. The summed E-state index contributed by atoms with van der Waals surface area (Å²) in [7, 11) is 0. The maximum Gasteiger partial charge on any atom is 0.433 e. The van der Waals surface area contributed by atoms with Gasteiger partial charge in [-0.3, -0.25) is 4.79 Å². The summed E-state index contributed by atoms with van der Waals surface area (Å²) in [4.78, 5) is 19.1. The number of fused-ring (bicyclic) bond motifs is 2. The number of carbonyl (C=O) groups excluding carboxylic acids is 1. The van der Waals surface area contributed by atoms with Gasteiger partial charge in [0.1, 0.15) is 11.5 Å².